The van der Waals surface area contributed by atoms with E-state index in [1.165, 1.54) is 22.7 Å². The molecular weight excluding hydrogens is 360 g/mol. The molecule has 1 aliphatic heterocycles. The normalized spacial score (nSPS) is 17.2. The Hall–Kier alpha value is -1.03. The van der Waals surface area contributed by atoms with Gasteiger partial charge in [0.05, 0.1) is 0 Å². The molecule has 0 atom stereocenters. The molecule has 1 saturated heterocycles. The number of piperazine rings is 1. The minimum Gasteiger partial charge on any atom is -0.335 e. The fraction of sp³-hybridized carbons (Fsp3) is 0.500. The van der Waals surface area contributed by atoms with Gasteiger partial charge in [-0.15, -0.1) is 0 Å². The summed E-state index contributed by atoms with van der Waals surface area (Å²) in [5, 5.41) is 0. The summed E-state index contributed by atoms with van der Waals surface area (Å²) < 4.78 is 27.2. The third-order valence-corrected chi connectivity index (χ3v) is 5.63. The number of aromatic nitrogens is 1. The highest BCUT2D eigenvalue weighted by Crippen LogP contribution is 2.13. The number of nitrogens with zero attached hydrogens (tertiary/aromatic N) is 4. The van der Waals surface area contributed by atoms with Crippen LogP contribution in [0.5, 0.6) is 0 Å². The number of amides is 1. The van der Waals surface area contributed by atoms with E-state index >= 15 is 0 Å². The molecule has 116 valence electrons. The summed E-state index contributed by atoms with van der Waals surface area (Å²) in [7, 11) is -0.418. The molecule has 0 spiro atoms. The first-order valence-corrected chi connectivity index (χ1v) is 8.61. The Morgan fingerprint density at radius 3 is 2.38 bits per heavy atom. The van der Waals surface area contributed by atoms with Crippen molar-refractivity contribution in [2.75, 3.05) is 40.3 Å². The topological polar surface area (TPSA) is 73.8 Å². The quantitative estimate of drug-likeness (QED) is 0.716. The van der Waals surface area contributed by atoms with E-state index in [4.69, 9.17) is 0 Å². The van der Waals surface area contributed by atoms with Gasteiger partial charge in [-0.2, -0.15) is 17.0 Å². The Bertz CT molecular complexity index is 627. The lowest BCUT2D eigenvalue weighted by Gasteiger charge is -2.34. The van der Waals surface area contributed by atoms with Gasteiger partial charge in [-0.05, 0) is 28.1 Å². The Morgan fingerprint density at radius 1 is 1.24 bits per heavy atom. The van der Waals surface area contributed by atoms with E-state index in [1.807, 2.05) is 0 Å². The molecule has 1 aromatic heterocycles. The minimum absolute atomic E-state index is 0.182. The molecule has 0 radical (unpaired) electrons. The average Bonchev–Trinajstić information content (AvgIpc) is 2.46. The maximum Gasteiger partial charge on any atom is 0.281 e. The van der Waals surface area contributed by atoms with Crippen molar-refractivity contribution in [1.82, 2.24) is 18.5 Å². The van der Waals surface area contributed by atoms with Crippen molar-refractivity contribution >= 4 is 32.0 Å². The average molecular weight is 377 g/mol. The van der Waals surface area contributed by atoms with E-state index in [0.29, 0.717) is 36.5 Å². The first-order chi connectivity index (χ1) is 9.82. The van der Waals surface area contributed by atoms with Crippen LogP contribution in [-0.4, -0.2) is 73.1 Å². The lowest BCUT2D eigenvalue weighted by molar-refractivity contribution is 0.0689. The molecule has 0 saturated carbocycles. The smallest absolute Gasteiger partial charge is 0.281 e. The number of carbonyl (C=O) groups excluding carboxylic acids is 1. The lowest BCUT2D eigenvalue weighted by Crippen LogP contribution is -2.53. The molecular formula is C12H17BrN4O3S. The SMILES string of the molecule is CN(C)S(=O)(=O)N1CCN(C(=O)c2cccc(Br)n2)CC1. The predicted octanol–water partition coefficient (Wildman–Crippen LogP) is 0.408. The Kier molecular flexibility index (Phi) is 4.97. The summed E-state index contributed by atoms with van der Waals surface area (Å²) >= 11 is 3.23. The molecule has 21 heavy (non-hydrogen) atoms. The first-order valence-electron chi connectivity index (χ1n) is 6.42. The third-order valence-electron chi connectivity index (χ3n) is 3.25. The van der Waals surface area contributed by atoms with Crippen LogP contribution in [0.2, 0.25) is 0 Å². The van der Waals surface area contributed by atoms with E-state index in [2.05, 4.69) is 20.9 Å². The van der Waals surface area contributed by atoms with Gasteiger partial charge in [0, 0.05) is 40.3 Å². The van der Waals surface area contributed by atoms with E-state index in [1.54, 1.807) is 23.1 Å². The molecule has 1 amide bonds. The summed E-state index contributed by atoms with van der Waals surface area (Å²) in [4.78, 5) is 18.1. The van der Waals surface area contributed by atoms with Gasteiger partial charge in [0.1, 0.15) is 10.3 Å². The molecule has 0 aromatic carbocycles. The molecule has 2 rings (SSSR count). The Balaban J connectivity index is 2.03. The summed E-state index contributed by atoms with van der Waals surface area (Å²) in [6, 6.07) is 5.14. The fourth-order valence-electron chi connectivity index (χ4n) is 2.04. The van der Waals surface area contributed by atoms with Crippen molar-refractivity contribution < 1.29 is 13.2 Å². The second-order valence-electron chi connectivity index (χ2n) is 4.83. The molecule has 7 nitrogen and oxygen atoms in total. The largest absolute Gasteiger partial charge is 0.335 e. The maximum absolute atomic E-state index is 12.3. The van der Waals surface area contributed by atoms with Crippen molar-refractivity contribution in [2.24, 2.45) is 0 Å². The predicted molar refractivity (Wildman–Crippen MR) is 82.0 cm³/mol. The number of pyridine rings is 1. The van der Waals surface area contributed by atoms with Crippen LogP contribution in [0, 0.1) is 0 Å². The van der Waals surface area contributed by atoms with Crippen LogP contribution in [0.15, 0.2) is 22.8 Å². The van der Waals surface area contributed by atoms with Crippen LogP contribution >= 0.6 is 15.9 Å². The highest BCUT2D eigenvalue weighted by atomic mass is 79.9. The zero-order valence-electron chi connectivity index (χ0n) is 11.9. The van der Waals surface area contributed by atoms with E-state index in [0.717, 1.165) is 0 Å². The van der Waals surface area contributed by atoms with Crippen molar-refractivity contribution in [2.45, 2.75) is 0 Å². The van der Waals surface area contributed by atoms with E-state index < -0.39 is 10.2 Å². The Morgan fingerprint density at radius 2 is 1.86 bits per heavy atom. The fourth-order valence-corrected chi connectivity index (χ4v) is 3.47. The van der Waals surface area contributed by atoms with Gasteiger partial charge in [0.2, 0.25) is 0 Å². The maximum atomic E-state index is 12.3. The lowest BCUT2D eigenvalue weighted by atomic mass is 10.3. The standard InChI is InChI=1S/C12H17BrN4O3S/c1-15(2)21(19,20)17-8-6-16(7-9-17)12(18)10-4-3-5-11(13)14-10/h3-5H,6-9H2,1-2H3. The van der Waals surface area contributed by atoms with Gasteiger partial charge in [0.15, 0.2) is 0 Å². The molecule has 0 unspecified atom stereocenters. The molecule has 2 heterocycles. The highest BCUT2D eigenvalue weighted by molar-refractivity contribution is 9.10. The molecule has 1 fully saturated rings. The summed E-state index contributed by atoms with van der Waals surface area (Å²) in [6.07, 6.45) is 0. The van der Waals surface area contributed by atoms with Gasteiger partial charge < -0.3 is 4.90 Å². The van der Waals surface area contributed by atoms with Crippen molar-refractivity contribution in [3.8, 4) is 0 Å². The molecule has 0 aliphatic carbocycles. The van der Waals surface area contributed by atoms with Gasteiger partial charge >= 0.3 is 0 Å². The number of carbonyl (C=O) groups is 1. The number of halogens is 1. The molecule has 0 bridgehead atoms. The first kappa shape index (κ1) is 16.3. The van der Waals surface area contributed by atoms with Crippen LogP contribution in [0.4, 0.5) is 0 Å². The molecule has 0 N–H and O–H groups in total. The molecule has 1 aromatic rings. The minimum atomic E-state index is -3.41. The van der Waals surface area contributed by atoms with E-state index in [9.17, 15) is 13.2 Å². The third kappa shape index (κ3) is 3.60. The number of rotatable bonds is 3. The van der Waals surface area contributed by atoms with Crippen molar-refractivity contribution in [3.63, 3.8) is 0 Å². The van der Waals surface area contributed by atoms with Crippen LogP contribution < -0.4 is 0 Å². The second kappa shape index (κ2) is 6.39. The second-order valence-corrected chi connectivity index (χ2v) is 7.78. The number of hydrogen-bond donors (Lipinski definition) is 0. The summed E-state index contributed by atoms with van der Waals surface area (Å²) in [6.45, 7) is 1.31. The molecule has 1 aliphatic rings. The zero-order chi connectivity index (χ0) is 15.6. The van der Waals surface area contributed by atoms with Gasteiger partial charge in [-0.3, -0.25) is 4.79 Å². The van der Waals surface area contributed by atoms with Crippen molar-refractivity contribution in [3.05, 3.63) is 28.5 Å². The number of hydrogen-bond acceptors (Lipinski definition) is 4. The molecule has 9 heteroatoms. The van der Waals surface area contributed by atoms with Gasteiger partial charge in [0.25, 0.3) is 16.1 Å². The highest BCUT2D eigenvalue weighted by Gasteiger charge is 2.30. The van der Waals surface area contributed by atoms with Crippen LogP contribution in [-0.2, 0) is 10.2 Å². The van der Waals surface area contributed by atoms with Crippen LogP contribution in [0.3, 0.4) is 0 Å². The zero-order valence-corrected chi connectivity index (χ0v) is 14.3. The monoisotopic (exact) mass is 376 g/mol. The Labute approximate surface area is 132 Å². The van der Waals surface area contributed by atoms with E-state index in [-0.39, 0.29) is 5.91 Å². The summed E-state index contributed by atoms with van der Waals surface area (Å²) in [5.41, 5.74) is 0.355. The van der Waals surface area contributed by atoms with Crippen LogP contribution in [0.1, 0.15) is 10.5 Å². The summed E-state index contributed by atoms with van der Waals surface area (Å²) in [5.74, 6) is -0.182. The van der Waals surface area contributed by atoms with Gasteiger partial charge in [-0.1, -0.05) is 6.07 Å². The van der Waals surface area contributed by atoms with Gasteiger partial charge in [-0.25, -0.2) is 4.98 Å². The van der Waals surface area contributed by atoms with Crippen molar-refractivity contribution in [1.29, 1.82) is 0 Å². The van der Waals surface area contributed by atoms with Crippen LogP contribution in [0.25, 0.3) is 0 Å².